The van der Waals surface area contributed by atoms with Gasteiger partial charge in [0.05, 0.1) is 55.0 Å². The number of nitrogens with zero attached hydrogens (tertiary/aromatic N) is 7. The highest BCUT2D eigenvalue weighted by molar-refractivity contribution is 7.99. The van der Waals surface area contributed by atoms with Crippen LogP contribution in [-0.4, -0.2) is 182 Å². The van der Waals surface area contributed by atoms with Crippen molar-refractivity contribution in [2.45, 2.75) is 25.2 Å². The van der Waals surface area contributed by atoms with Crippen molar-refractivity contribution in [1.82, 2.24) is 36.1 Å². The van der Waals surface area contributed by atoms with Crippen LogP contribution >= 0.6 is 69.9 Å². The molecule has 12 rings (SSSR count). The number of thioether (sulfide) groups is 2. The summed E-state index contributed by atoms with van der Waals surface area (Å²) in [6, 6.07) is 21.6. The van der Waals surface area contributed by atoms with Crippen molar-refractivity contribution in [3.05, 3.63) is 162 Å². The first-order chi connectivity index (χ1) is 43.3. The Morgan fingerprint density at radius 2 is 0.978 bits per heavy atom. The molecule has 2 aromatic heterocycles. The van der Waals surface area contributed by atoms with Gasteiger partial charge < -0.3 is 61.7 Å². The molecule has 0 radical (unpaired) electrons. The number of halogens is 6. The number of rotatable bonds is 9. The molecule has 2 atom stereocenters. The van der Waals surface area contributed by atoms with Crippen molar-refractivity contribution in [1.29, 1.82) is 0 Å². The van der Waals surface area contributed by atoms with Crippen LogP contribution in [0.2, 0.25) is 20.1 Å². The lowest BCUT2D eigenvalue weighted by atomic mass is 10.1. The second-order valence-corrected chi connectivity index (χ2v) is 24.7. The van der Waals surface area contributed by atoms with Gasteiger partial charge in [0.25, 0.3) is 17.7 Å². The zero-order chi connectivity index (χ0) is 64.6. The van der Waals surface area contributed by atoms with Crippen LogP contribution in [0.15, 0.2) is 97.3 Å². The van der Waals surface area contributed by atoms with Gasteiger partial charge in [0.1, 0.15) is 23.7 Å². The van der Waals surface area contributed by atoms with Crippen molar-refractivity contribution in [2.24, 2.45) is 0 Å². The number of piperazine rings is 2. The lowest BCUT2D eigenvalue weighted by molar-refractivity contribution is -0.118. The van der Waals surface area contributed by atoms with E-state index >= 15 is 0 Å². The summed E-state index contributed by atoms with van der Waals surface area (Å²) in [6.07, 6.45) is 3.60. The van der Waals surface area contributed by atoms with Crippen LogP contribution < -0.4 is 51.5 Å². The summed E-state index contributed by atoms with van der Waals surface area (Å²) in [5.74, 6) is 2.70. The van der Waals surface area contributed by atoms with Gasteiger partial charge >= 0.3 is 5.97 Å². The lowest BCUT2D eigenvalue weighted by Gasteiger charge is -2.40. The van der Waals surface area contributed by atoms with E-state index in [1.807, 2.05) is 42.2 Å². The molecule has 478 valence electrons. The Morgan fingerprint density at radius 1 is 0.567 bits per heavy atom. The number of aliphatic hydroxyl groups is 1. The first-order valence-electron chi connectivity index (χ1n) is 28.5. The molecule has 5 amide bonds. The van der Waals surface area contributed by atoms with Gasteiger partial charge in [-0.05, 0) is 96.1 Å². The number of pyridine rings is 2. The maximum absolute atomic E-state index is 12.6. The second-order valence-electron chi connectivity index (χ2n) is 20.8. The Labute approximate surface area is 547 Å². The predicted octanol–water partition coefficient (Wildman–Crippen LogP) is 7.86. The number of anilines is 6. The third kappa shape index (κ3) is 17.6. The van der Waals surface area contributed by atoms with E-state index < -0.39 is 17.6 Å². The molecular weight excluding hydrogens is 1290 g/mol. The fourth-order valence-electron chi connectivity index (χ4n) is 10.2. The summed E-state index contributed by atoms with van der Waals surface area (Å²) < 4.78 is 25.0. The quantitative estimate of drug-likeness (QED) is 0.0685. The number of nitrogens with one attached hydrogen (secondary N) is 6. The van der Waals surface area contributed by atoms with Crippen LogP contribution in [0.4, 0.5) is 43.2 Å². The minimum atomic E-state index is -1.12. The lowest BCUT2D eigenvalue weighted by Crippen LogP contribution is -2.53. The highest BCUT2D eigenvalue weighted by atomic mass is 35.5. The van der Waals surface area contributed by atoms with Crippen LogP contribution in [-0.2, 0) is 22.7 Å². The van der Waals surface area contributed by atoms with Crippen LogP contribution in [0.5, 0.6) is 0 Å². The minimum absolute atomic E-state index is 0.0172. The fourth-order valence-corrected chi connectivity index (χ4v) is 13.3. The van der Waals surface area contributed by atoms with E-state index in [0.717, 1.165) is 154 Å². The van der Waals surface area contributed by atoms with E-state index in [2.05, 4.69) is 67.5 Å². The molecule has 6 aliphatic heterocycles. The molecule has 6 aromatic rings. The van der Waals surface area contributed by atoms with E-state index in [0.29, 0.717) is 38.0 Å². The normalized spacial score (nSPS) is 17.3. The number of carboxylic acids is 1. The summed E-state index contributed by atoms with van der Waals surface area (Å²) in [4.78, 5) is 89.2. The van der Waals surface area contributed by atoms with Crippen LogP contribution in [0, 0.1) is 11.6 Å². The predicted molar refractivity (Wildman–Crippen MR) is 354 cm³/mol. The maximum Gasteiger partial charge on any atom is 0.335 e. The van der Waals surface area contributed by atoms with Gasteiger partial charge in [-0.3, -0.25) is 28.9 Å². The Bertz CT molecular complexity index is 3590. The molecule has 29 heteroatoms. The van der Waals surface area contributed by atoms with Crippen LogP contribution in [0.25, 0.3) is 0 Å². The number of hydrogen-bond donors (Lipinski definition) is 8. The highest BCUT2D eigenvalue weighted by Gasteiger charge is 2.37. The number of carbonyl (C=O) groups is 6. The fraction of sp³-hybridized carbons (Fsp3) is 0.344. The second kappa shape index (κ2) is 32.7. The Balaban J connectivity index is 0.000000156. The molecule has 0 spiro atoms. The Hall–Kier alpha value is -7.20. The number of aromatic carboxylic acids is 1. The Morgan fingerprint density at radius 3 is 1.41 bits per heavy atom. The van der Waals surface area contributed by atoms with E-state index in [-0.39, 0.29) is 63.8 Å². The molecule has 21 nitrogen and oxygen atoms in total. The first-order valence-corrected chi connectivity index (χ1v) is 32.3. The summed E-state index contributed by atoms with van der Waals surface area (Å²) in [7, 11) is 4.72. The molecule has 0 unspecified atom stereocenters. The summed E-state index contributed by atoms with van der Waals surface area (Å²) in [6.45, 7) is 9.73. The first kappa shape index (κ1) is 68.7. The van der Waals surface area contributed by atoms with Gasteiger partial charge in [0, 0.05) is 145 Å². The van der Waals surface area contributed by atoms with Crippen molar-refractivity contribution < 1.29 is 47.8 Å². The standard InChI is InChI=1S/C23H27ClN6O2S.C12H16ClN3O.C11H13N3O2S.C8H7ClFNO.C7H4ClFO2/c1-25-22(31)16-2-3-19(17(24)11-16)29-6-4-28(5-7-29)13-15-10-18-21(26-12-15)30-8-9-33-14-20(30)23(32)27-18;1-14-12(17)9-2-3-11(10(13)8-9)16-6-4-15-5-7-16;15-5-7-3-8-10(12-4-7)14-1-2-17-6-9(14)11(16)13-8;1-11-8(12)5-2-3-7(10)6(9)4-5;8-5-3-4(7(10)11)1-2-6(5)9/h2-3,10-12,20H,4-9,13-14H2,1H3,(H,25,31)(H,27,32);2-3,8,15H,4-7H2,1H3,(H,14,17);3-4,9,15H,1-2,5-6H2,(H,13,16);2-4H,1H3,(H,11,12);1-3H,(H,10,11)/t20-;;9-;;/m0.0../s1. The molecule has 4 saturated heterocycles. The molecule has 90 heavy (non-hydrogen) atoms. The van der Waals surface area contributed by atoms with Crippen molar-refractivity contribution in [3.8, 4) is 0 Å². The third-order valence-electron chi connectivity index (χ3n) is 15.0. The molecule has 4 fully saturated rings. The molecule has 6 aliphatic rings. The zero-order valence-electron chi connectivity index (χ0n) is 49.3. The summed E-state index contributed by atoms with van der Waals surface area (Å²) in [5, 5.41) is 35.3. The number of fused-ring (bicyclic) bond motifs is 6. The number of carbonyl (C=O) groups excluding carboxylic acids is 5. The van der Waals surface area contributed by atoms with Gasteiger partial charge in [0.2, 0.25) is 11.8 Å². The SMILES string of the molecule is CNC(=O)c1ccc(F)c(Cl)c1.CNC(=O)c1ccc(N2CCN(Cc3cnc4c(c3)NC(=O)[C@@H]3CSCCN43)CC2)c(Cl)c1.CNC(=O)c1ccc(N2CCNCC2)c(Cl)c1.O=C(O)c1ccc(F)c(Cl)c1.O=C1Nc2cc(CO)cnc2N2CCSC[C@@H]12. The van der Waals surface area contributed by atoms with E-state index in [1.165, 1.54) is 19.2 Å². The number of aromatic nitrogens is 2. The van der Waals surface area contributed by atoms with Crippen molar-refractivity contribution >= 4 is 140 Å². The average Bonchev–Trinajstić information content (AvgIpc) is 1.71. The van der Waals surface area contributed by atoms with Crippen molar-refractivity contribution in [3.63, 3.8) is 0 Å². The number of aliphatic hydroxyl groups excluding tert-OH is 1. The van der Waals surface area contributed by atoms with E-state index in [1.54, 1.807) is 50.3 Å². The van der Waals surface area contributed by atoms with Crippen molar-refractivity contribution in [2.75, 3.05) is 140 Å². The summed E-state index contributed by atoms with van der Waals surface area (Å²) >= 11 is 27.1. The largest absolute Gasteiger partial charge is 0.478 e. The van der Waals surface area contributed by atoms with E-state index in [9.17, 15) is 37.5 Å². The van der Waals surface area contributed by atoms with Gasteiger partial charge in [-0.2, -0.15) is 23.5 Å². The Kier molecular flexibility index (Phi) is 25.0. The number of benzene rings is 4. The van der Waals surface area contributed by atoms with Gasteiger partial charge in [-0.25, -0.2) is 23.5 Å². The number of hydrogen-bond acceptors (Lipinski definition) is 17. The smallest absolute Gasteiger partial charge is 0.335 e. The molecule has 8 N–H and O–H groups in total. The highest BCUT2D eigenvalue weighted by Crippen LogP contribution is 2.36. The van der Waals surface area contributed by atoms with Gasteiger partial charge in [-0.15, -0.1) is 0 Å². The number of carboxylic acid groups (broad SMARTS) is 1. The molecule has 0 saturated carbocycles. The summed E-state index contributed by atoms with van der Waals surface area (Å²) in [5.41, 5.74) is 6.79. The number of amides is 5. The zero-order valence-corrected chi connectivity index (χ0v) is 53.9. The molecule has 0 bridgehead atoms. The van der Waals surface area contributed by atoms with Gasteiger partial charge in [0.15, 0.2) is 11.6 Å². The van der Waals surface area contributed by atoms with Crippen LogP contribution in [0.3, 0.4) is 0 Å². The monoisotopic (exact) mass is 1350 g/mol. The van der Waals surface area contributed by atoms with Crippen LogP contribution in [0.1, 0.15) is 52.6 Å². The van der Waals surface area contributed by atoms with Gasteiger partial charge in [-0.1, -0.05) is 46.4 Å². The molecular formula is C61H67Cl4F2N13O8S2. The van der Waals surface area contributed by atoms with E-state index in [4.69, 9.17) is 61.6 Å². The topological polar surface area (TPSA) is 257 Å². The average molecular weight is 1350 g/mol. The molecule has 0 aliphatic carbocycles. The molecule has 4 aromatic carbocycles. The minimum Gasteiger partial charge on any atom is -0.478 e. The third-order valence-corrected chi connectivity index (χ3v) is 18.2. The maximum atomic E-state index is 12.6. The molecule has 8 heterocycles.